The molecule has 0 fully saturated rings. The summed E-state index contributed by atoms with van der Waals surface area (Å²) in [6.45, 7) is 0. The van der Waals surface area contributed by atoms with Crippen LogP contribution in [0.3, 0.4) is 0 Å². The zero-order valence-electron chi connectivity index (χ0n) is 14.1. The number of hydrogen-bond acceptors (Lipinski definition) is 2. The standard InChI is InChI=1S/C22H18Cl2OS/c23-19-10-6-17(7-11-19)22(18-8-12-20(24)13-9-18)26-15-21(25)14-16-4-2-1-3-5-16/h1-13,22H,14-15H2. The lowest BCUT2D eigenvalue weighted by molar-refractivity contribution is -0.116. The van der Waals surface area contributed by atoms with E-state index in [4.69, 9.17) is 23.2 Å². The van der Waals surface area contributed by atoms with Crippen LogP contribution in [0.1, 0.15) is 21.9 Å². The maximum absolute atomic E-state index is 12.4. The van der Waals surface area contributed by atoms with E-state index in [1.165, 1.54) is 0 Å². The Balaban J connectivity index is 1.74. The number of Topliss-reactive ketones (excluding diaryl/α,β-unsaturated/α-hetero) is 1. The van der Waals surface area contributed by atoms with Crippen LogP contribution in [0.2, 0.25) is 10.0 Å². The van der Waals surface area contributed by atoms with E-state index in [-0.39, 0.29) is 11.0 Å². The molecule has 0 saturated carbocycles. The van der Waals surface area contributed by atoms with Gasteiger partial charge in [0.2, 0.25) is 0 Å². The van der Waals surface area contributed by atoms with Crippen LogP contribution in [-0.2, 0) is 11.2 Å². The van der Waals surface area contributed by atoms with Crippen LogP contribution in [-0.4, -0.2) is 11.5 Å². The van der Waals surface area contributed by atoms with Crippen molar-refractivity contribution in [3.63, 3.8) is 0 Å². The fourth-order valence-corrected chi connectivity index (χ4v) is 4.12. The smallest absolute Gasteiger partial charge is 0.147 e. The molecular formula is C22H18Cl2OS. The first-order chi connectivity index (χ1) is 12.6. The molecule has 0 N–H and O–H groups in total. The lowest BCUT2D eigenvalue weighted by Crippen LogP contribution is -2.08. The lowest BCUT2D eigenvalue weighted by Gasteiger charge is -2.18. The van der Waals surface area contributed by atoms with E-state index in [0.717, 1.165) is 16.7 Å². The third-order valence-corrected chi connectivity index (χ3v) is 5.87. The highest BCUT2D eigenvalue weighted by molar-refractivity contribution is 8.00. The molecule has 0 atom stereocenters. The molecule has 0 aromatic heterocycles. The van der Waals surface area contributed by atoms with Gasteiger partial charge in [0.25, 0.3) is 0 Å². The van der Waals surface area contributed by atoms with Gasteiger partial charge in [-0.05, 0) is 41.0 Å². The summed E-state index contributed by atoms with van der Waals surface area (Å²) in [5.41, 5.74) is 3.29. The Morgan fingerprint density at radius 2 is 1.27 bits per heavy atom. The van der Waals surface area contributed by atoms with E-state index < -0.39 is 0 Å². The number of carbonyl (C=O) groups excluding carboxylic acids is 1. The molecular weight excluding hydrogens is 383 g/mol. The van der Waals surface area contributed by atoms with E-state index in [9.17, 15) is 4.79 Å². The summed E-state index contributed by atoms with van der Waals surface area (Å²) in [7, 11) is 0. The van der Waals surface area contributed by atoms with Gasteiger partial charge in [-0.2, -0.15) is 0 Å². The Kier molecular flexibility index (Phi) is 6.79. The van der Waals surface area contributed by atoms with Crippen molar-refractivity contribution >= 4 is 40.7 Å². The summed E-state index contributed by atoms with van der Waals surface area (Å²) in [5, 5.41) is 1.46. The van der Waals surface area contributed by atoms with E-state index in [0.29, 0.717) is 22.2 Å². The molecule has 3 aromatic carbocycles. The normalized spacial score (nSPS) is 10.9. The molecule has 0 radical (unpaired) electrons. The molecule has 0 heterocycles. The fourth-order valence-electron chi connectivity index (χ4n) is 2.71. The number of hydrogen-bond donors (Lipinski definition) is 0. The van der Waals surface area contributed by atoms with Gasteiger partial charge in [0.15, 0.2) is 0 Å². The van der Waals surface area contributed by atoms with Crippen LogP contribution in [0.15, 0.2) is 78.9 Å². The maximum Gasteiger partial charge on any atom is 0.147 e. The van der Waals surface area contributed by atoms with Crippen molar-refractivity contribution in [3.05, 3.63) is 106 Å². The molecule has 0 spiro atoms. The van der Waals surface area contributed by atoms with Crippen molar-refractivity contribution in [1.82, 2.24) is 0 Å². The first kappa shape index (κ1) is 19.0. The lowest BCUT2D eigenvalue weighted by atomic mass is 10.0. The minimum Gasteiger partial charge on any atom is -0.298 e. The minimum atomic E-state index is 0.0595. The van der Waals surface area contributed by atoms with Crippen molar-refractivity contribution in [2.24, 2.45) is 0 Å². The van der Waals surface area contributed by atoms with Crippen molar-refractivity contribution in [2.75, 3.05) is 5.75 Å². The van der Waals surface area contributed by atoms with Gasteiger partial charge in [-0.1, -0.05) is 77.8 Å². The van der Waals surface area contributed by atoms with Gasteiger partial charge in [-0.15, -0.1) is 11.8 Å². The second-order valence-electron chi connectivity index (χ2n) is 6.00. The van der Waals surface area contributed by atoms with E-state index in [2.05, 4.69) is 0 Å². The molecule has 0 bridgehead atoms. The average Bonchev–Trinajstić information content (AvgIpc) is 2.65. The van der Waals surface area contributed by atoms with Crippen LogP contribution in [0, 0.1) is 0 Å². The Morgan fingerprint density at radius 1 is 0.769 bits per heavy atom. The molecule has 0 aliphatic rings. The monoisotopic (exact) mass is 400 g/mol. The molecule has 0 unspecified atom stereocenters. The zero-order chi connectivity index (χ0) is 18.4. The number of rotatable bonds is 7. The summed E-state index contributed by atoms with van der Waals surface area (Å²) in [4.78, 5) is 12.4. The topological polar surface area (TPSA) is 17.1 Å². The Morgan fingerprint density at radius 3 is 1.77 bits per heavy atom. The van der Waals surface area contributed by atoms with Crippen molar-refractivity contribution in [3.8, 4) is 0 Å². The molecule has 1 nitrogen and oxygen atoms in total. The van der Waals surface area contributed by atoms with Crippen LogP contribution in [0.4, 0.5) is 0 Å². The molecule has 132 valence electrons. The second kappa shape index (κ2) is 9.27. The van der Waals surface area contributed by atoms with Gasteiger partial charge in [0.05, 0.1) is 11.0 Å². The van der Waals surface area contributed by atoms with Gasteiger partial charge in [0.1, 0.15) is 5.78 Å². The largest absolute Gasteiger partial charge is 0.298 e. The van der Waals surface area contributed by atoms with Gasteiger partial charge in [-0.25, -0.2) is 0 Å². The minimum absolute atomic E-state index is 0.0595. The van der Waals surface area contributed by atoms with Crippen molar-refractivity contribution in [2.45, 2.75) is 11.7 Å². The first-order valence-corrected chi connectivity index (χ1v) is 10.1. The number of carbonyl (C=O) groups is 1. The third kappa shape index (κ3) is 5.38. The molecule has 0 saturated heterocycles. The second-order valence-corrected chi connectivity index (χ2v) is 7.96. The van der Waals surface area contributed by atoms with E-state index in [1.807, 2.05) is 78.9 Å². The summed E-state index contributed by atoms with van der Waals surface area (Å²) in [6.07, 6.45) is 0.460. The molecule has 3 aromatic rings. The number of thioether (sulfide) groups is 1. The SMILES string of the molecule is O=C(CSC(c1ccc(Cl)cc1)c1ccc(Cl)cc1)Cc1ccccc1. The highest BCUT2D eigenvalue weighted by atomic mass is 35.5. The van der Waals surface area contributed by atoms with E-state index >= 15 is 0 Å². The first-order valence-electron chi connectivity index (χ1n) is 8.30. The van der Waals surface area contributed by atoms with E-state index in [1.54, 1.807) is 11.8 Å². The van der Waals surface area contributed by atoms with Gasteiger partial charge in [0, 0.05) is 16.5 Å². The fraction of sp³-hybridized carbons (Fsp3) is 0.136. The summed E-state index contributed by atoms with van der Waals surface area (Å²) < 4.78 is 0. The molecule has 3 rings (SSSR count). The predicted octanol–water partition coefficient (Wildman–Crippen LogP) is 6.63. The van der Waals surface area contributed by atoms with Gasteiger partial charge in [-0.3, -0.25) is 4.79 Å². The van der Waals surface area contributed by atoms with Crippen LogP contribution >= 0.6 is 35.0 Å². The third-order valence-electron chi connectivity index (χ3n) is 4.00. The Hall–Kier alpha value is -1.74. The summed E-state index contributed by atoms with van der Waals surface area (Å²) in [5.74, 6) is 0.666. The quantitative estimate of drug-likeness (QED) is 0.442. The maximum atomic E-state index is 12.4. The number of benzene rings is 3. The Bertz CT molecular complexity index is 800. The van der Waals surface area contributed by atoms with Gasteiger partial charge >= 0.3 is 0 Å². The molecule has 0 amide bonds. The number of ketones is 1. The average molecular weight is 401 g/mol. The van der Waals surface area contributed by atoms with Crippen LogP contribution < -0.4 is 0 Å². The molecule has 26 heavy (non-hydrogen) atoms. The van der Waals surface area contributed by atoms with Crippen LogP contribution in [0.5, 0.6) is 0 Å². The Labute approximate surface area is 168 Å². The summed E-state index contributed by atoms with van der Waals surface area (Å²) >= 11 is 13.7. The predicted molar refractivity (Wildman–Crippen MR) is 112 cm³/mol. The number of halogens is 2. The van der Waals surface area contributed by atoms with Crippen LogP contribution in [0.25, 0.3) is 0 Å². The summed E-state index contributed by atoms with van der Waals surface area (Å²) in [6, 6.07) is 25.4. The molecule has 4 heteroatoms. The molecule has 0 aliphatic carbocycles. The molecule has 0 aliphatic heterocycles. The highest BCUT2D eigenvalue weighted by Gasteiger charge is 2.17. The zero-order valence-corrected chi connectivity index (χ0v) is 16.4. The van der Waals surface area contributed by atoms with Crippen molar-refractivity contribution < 1.29 is 4.79 Å². The highest BCUT2D eigenvalue weighted by Crippen LogP contribution is 2.36. The van der Waals surface area contributed by atoms with Crippen molar-refractivity contribution in [1.29, 1.82) is 0 Å². The van der Waals surface area contributed by atoms with Gasteiger partial charge < -0.3 is 0 Å².